The zero-order valence-corrected chi connectivity index (χ0v) is 15.4. The van der Waals surface area contributed by atoms with E-state index in [-0.39, 0.29) is 11.8 Å². The summed E-state index contributed by atoms with van der Waals surface area (Å²) in [6.45, 7) is 3.94. The van der Waals surface area contributed by atoms with Gasteiger partial charge in [-0.15, -0.1) is 11.3 Å². The number of ketones is 1. The summed E-state index contributed by atoms with van der Waals surface area (Å²) >= 11 is 1.34. The Bertz CT molecular complexity index is 952. The topological polar surface area (TPSA) is 43.4 Å². The van der Waals surface area contributed by atoms with Crippen LogP contribution in [0.15, 0.2) is 66.1 Å². The molecule has 3 nitrogen and oxygen atoms in total. The van der Waals surface area contributed by atoms with Crippen LogP contribution in [-0.4, -0.2) is 11.8 Å². The number of hydrogen-bond acceptors (Lipinski definition) is 4. The average Bonchev–Trinajstić information content (AvgIpc) is 3.16. The van der Waals surface area contributed by atoms with Gasteiger partial charge in [-0.05, 0) is 54.6 Å². The fraction of sp³-hybridized carbons (Fsp3) is 0.0909. The lowest BCUT2D eigenvalue weighted by Crippen LogP contribution is -2.06. The molecule has 130 valence electrons. The van der Waals surface area contributed by atoms with Crippen molar-refractivity contribution in [3.05, 3.63) is 93.2 Å². The minimum absolute atomic E-state index is 0.0318. The first-order valence-corrected chi connectivity index (χ1v) is 9.06. The van der Waals surface area contributed by atoms with Crippen LogP contribution < -0.4 is 4.74 Å². The Kier molecular flexibility index (Phi) is 5.44. The van der Waals surface area contributed by atoms with E-state index in [4.69, 9.17) is 4.74 Å². The molecular formula is C22H18O3S. The molecule has 0 aliphatic rings. The molecule has 1 aromatic heterocycles. The van der Waals surface area contributed by atoms with Gasteiger partial charge in [0.15, 0.2) is 5.78 Å². The van der Waals surface area contributed by atoms with Gasteiger partial charge in [0.1, 0.15) is 10.6 Å². The van der Waals surface area contributed by atoms with Crippen LogP contribution in [0.1, 0.15) is 36.7 Å². The summed E-state index contributed by atoms with van der Waals surface area (Å²) in [6.07, 6.45) is 3.32. The zero-order valence-electron chi connectivity index (χ0n) is 14.6. The van der Waals surface area contributed by atoms with Gasteiger partial charge in [-0.1, -0.05) is 48.0 Å². The summed E-state index contributed by atoms with van der Waals surface area (Å²) in [5.74, 6) is 0.0743. The predicted molar refractivity (Wildman–Crippen MR) is 105 cm³/mol. The quantitative estimate of drug-likeness (QED) is 0.261. The van der Waals surface area contributed by atoms with Gasteiger partial charge in [0, 0.05) is 5.56 Å². The van der Waals surface area contributed by atoms with Crippen molar-refractivity contribution >= 4 is 29.2 Å². The third-order valence-electron chi connectivity index (χ3n) is 3.89. The first-order chi connectivity index (χ1) is 12.5. The van der Waals surface area contributed by atoms with E-state index < -0.39 is 0 Å². The smallest absolute Gasteiger partial charge is 0.353 e. The molecule has 0 saturated heterocycles. The minimum Gasteiger partial charge on any atom is -0.422 e. The highest BCUT2D eigenvalue weighted by Gasteiger charge is 2.09. The first-order valence-electron chi connectivity index (χ1n) is 8.18. The summed E-state index contributed by atoms with van der Waals surface area (Å²) < 4.78 is 5.32. The minimum atomic E-state index is -0.367. The van der Waals surface area contributed by atoms with Crippen LogP contribution in [0.25, 0.3) is 6.08 Å². The van der Waals surface area contributed by atoms with Crippen molar-refractivity contribution < 1.29 is 14.3 Å². The fourth-order valence-electron chi connectivity index (χ4n) is 2.55. The summed E-state index contributed by atoms with van der Waals surface area (Å²) in [5.41, 5.74) is 3.67. The maximum atomic E-state index is 12.3. The van der Waals surface area contributed by atoms with Crippen molar-refractivity contribution in [1.29, 1.82) is 0 Å². The molecule has 4 heteroatoms. The molecule has 0 aliphatic heterocycles. The molecule has 0 fully saturated rings. The Balaban J connectivity index is 1.66. The number of rotatable bonds is 5. The number of allylic oxidation sites excluding steroid dienone is 1. The molecule has 0 amide bonds. The Morgan fingerprint density at radius 3 is 2.42 bits per heavy atom. The molecule has 3 aromatic rings. The molecule has 0 bridgehead atoms. The second-order valence-corrected chi connectivity index (χ2v) is 6.90. The fourth-order valence-corrected chi connectivity index (χ4v) is 3.15. The Morgan fingerprint density at radius 1 is 1.00 bits per heavy atom. The zero-order chi connectivity index (χ0) is 18.5. The second kappa shape index (κ2) is 7.93. The van der Waals surface area contributed by atoms with Gasteiger partial charge in [-0.25, -0.2) is 4.79 Å². The van der Waals surface area contributed by atoms with Crippen LogP contribution in [0.2, 0.25) is 0 Å². The molecule has 0 unspecified atom stereocenters. The van der Waals surface area contributed by atoms with Crippen molar-refractivity contribution in [2.45, 2.75) is 13.8 Å². The number of benzene rings is 2. The first kappa shape index (κ1) is 17.8. The Hall–Kier alpha value is -2.98. The largest absolute Gasteiger partial charge is 0.422 e. The number of hydrogen-bond donors (Lipinski definition) is 0. The number of thiophene rings is 1. The molecule has 2 aromatic carbocycles. The standard InChI is InChI=1S/C22H18O3S/c1-15-5-11-19(16(2)14-15)20(23)12-8-17-6-9-18(10-7-17)25-22(24)21-4-3-13-26-21/h3-14H,1-2H3. The number of carbonyl (C=O) groups excluding carboxylic acids is 2. The lowest BCUT2D eigenvalue weighted by Gasteiger charge is -2.04. The lowest BCUT2D eigenvalue weighted by molar-refractivity contribution is 0.0739. The van der Waals surface area contributed by atoms with Crippen molar-refractivity contribution in [2.24, 2.45) is 0 Å². The molecule has 0 aliphatic carbocycles. The van der Waals surface area contributed by atoms with E-state index in [9.17, 15) is 9.59 Å². The molecule has 26 heavy (non-hydrogen) atoms. The third kappa shape index (κ3) is 4.35. The number of aryl methyl sites for hydroxylation is 2. The van der Waals surface area contributed by atoms with E-state index >= 15 is 0 Å². The molecule has 0 atom stereocenters. The third-order valence-corrected chi connectivity index (χ3v) is 4.74. The van der Waals surface area contributed by atoms with Gasteiger partial charge in [-0.3, -0.25) is 4.79 Å². The summed E-state index contributed by atoms with van der Waals surface area (Å²) in [6, 6.07) is 16.4. The van der Waals surface area contributed by atoms with Crippen molar-refractivity contribution in [3.8, 4) is 5.75 Å². The normalized spacial score (nSPS) is 10.8. The lowest BCUT2D eigenvalue weighted by atomic mass is 10.0. The maximum absolute atomic E-state index is 12.3. The molecule has 0 spiro atoms. The molecule has 3 rings (SSSR count). The van der Waals surface area contributed by atoms with Crippen LogP contribution in [0.5, 0.6) is 5.75 Å². The average molecular weight is 362 g/mol. The Labute approximate surface area is 156 Å². The van der Waals surface area contributed by atoms with Crippen molar-refractivity contribution in [2.75, 3.05) is 0 Å². The van der Waals surface area contributed by atoms with Crippen LogP contribution in [0.4, 0.5) is 0 Å². The van der Waals surface area contributed by atoms with E-state index in [2.05, 4.69) is 0 Å². The van der Waals surface area contributed by atoms with Gasteiger partial charge < -0.3 is 4.74 Å². The molecule has 1 heterocycles. The van der Waals surface area contributed by atoms with Crippen molar-refractivity contribution in [1.82, 2.24) is 0 Å². The van der Waals surface area contributed by atoms with Gasteiger partial charge in [0.05, 0.1) is 0 Å². The summed E-state index contributed by atoms with van der Waals surface area (Å²) in [4.78, 5) is 24.8. The van der Waals surface area contributed by atoms with E-state index in [0.29, 0.717) is 16.2 Å². The monoisotopic (exact) mass is 362 g/mol. The van der Waals surface area contributed by atoms with E-state index in [1.165, 1.54) is 11.3 Å². The SMILES string of the molecule is Cc1ccc(C(=O)C=Cc2ccc(OC(=O)c3cccs3)cc2)c(C)c1. The summed E-state index contributed by atoms with van der Waals surface area (Å²) in [7, 11) is 0. The Morgan fingerprint density at radius 2 is 1.77 bits per heavy atom. The maximum Gasteiger partial charge on any atom is 0.353 e. The molecule has 0 N–H and O–H groups in total. The second-order valence-electron chi connectivity index (χ2n) is 5.95. The highest BCUT2D eigenvalue weighted by molar-refractivity contribution is 7.12. The predicted octanol–water partition coefficient (Wildman–Crippen LogP) is 5.48. The van der Waals surface area contributed by atoms with Gasteiger partial charge in [0.25, 0.3) is 0 Å². The molecular weight excluding hydrogens is 344 g/mol. The van der Waals surface area contributed by atoms with Crippen LogP contribution >= 0.6 is 11.3 Å². The summed E-state index contributed by atoms with van der Waals surface area (Å²) in [5, 5.41) is 1.83. The molecule has 0 radical (unpaired) electrons. The molecule has 0 saturated carbocycles. The van der Waals surface area contributed by atoms with Gasteiger partial charge >= 0.3 is 5.97 Å². The number of ether oxygens (including phenoxy) is 1. The van der Waals surface area contributed by atoms with E-state index in [0.717, 1.165) is 16.7 Å². The van der Waals surface area contributed by atoms with Crippen LogP contribution in [-0.2, 0) is 0 Å². The van der Waals surface area contributed by atoms with E-state index in [1.807, 2.05) is 55.6 Å². The van der Waals surface area contributed by atoms with Crippen LogP contribution in [0, 0.1) is 13.8 Å². The van der Waals surface area contributed by atoms with Gasteiger partial charge in [0.2, 0.25) is 0 Å². The van der Waals surface area contributed by atoms with E-state index in [1.54, 1.807) is 30.4 Å². The number of esters is 1. The van der Waals surface area contributed by atoms with Crippen molar-refractivity contribution in [3.63, 3.8) is 0 Å². The highest BCUT2D eigenvalue weighted by atomic mass is 32.1. The van der Waals surface area contributed by atoms with Gasteiger partial charge in [-0.2, -0.15) is 0 Å². The number of carbonyl (C=O) groups is 2. The van der Waals surface area contributed by atoms with Crippen LogP contribution in [0.3, 0.4) is 0 Å². The highest BCUT2D eigenvalue weighted by Crippen LogP contribution is 2.18.